The van der Waals surface area contributed by atoms with Gasteiger partial charge in [-0.25, -0.2) is 0 Å². The van der Waals surface area contributed by atoms with Gasteiger partial charge in [-0.1, -0.05) is 84.0 Å². The van der Waals surface area contributed by atoms with Crippen molar-refractivity contribution in [1.82, 2.24) is 0 Å². The molecule has 0 aliphatic heterocycles. The van der Waals surface area contributed by atoms with Gasteiger partial charge in [0.25, 0.3) is 0 Å². The largest absolute Gasteiger partial charge is 0.508 e. The third kappa shape index (κ3) is 4.08. The lowest BCUT2D eigenvalue weighted by Crippen LogP contribution is -2.69. The molecule has 0 aromatic heterocycles. The molecule has 5 atom stereocenters. The minimum Gasteiger partial charge on any atom is -0.508 e. The molecule has 4 N–H and O–H groups in total. The fourth-order valence-corrected chi connectivity index (χ4v) is 8.48. The summed E-state index contributed by atoms with van der Waals surface area (Å²) >= 11 is 0. The van der Waals surface area contributed by atoms with Gasteiger partial charge in [0, 0.05) is 28.2 Å². The summed E-state index contributed by atoms with van der Waals surface area (Å²) in [5.41, 5.74) is -1.29. The normalized spacial score (nSPS) is 28.9. The molecule has 2 aromatic rings. The molecule has 7 nitrogen and oxygen atoms in total. The lowest BCUT2D eigenvalue weighted by molar-refractivity contribution is -0.178. The summed E-state index contributed by atoms with van der Waals surface area (Å²) in [7, 11) is 0. The predicted octanol–water partition coefficient (Wildman–Crippen LogP) is 6.93. The van der Waals surface area contributed by atoms with Gasteiger partial charge in [-0.2, -0.15) is 0 Å². The van der Waals surface area contributed by atoms with Gasteiger partial charge < -0.3 is 20.4 Å². The second kappa shape index (κ2) is 10.3. The van der Waals surface area contributed by atoms with E-state index in [2.05, 4.69) is 20.4 Å². The first kappa shape index (κ1) is 31.5. The fourth-order valence-electron chi connectivity index (χ4n) is 8.48. The van der Waals surface area contributed by atoms with Crippen molar-refractivity contribution >= 4 is 23.1 Å². The molecule has 2 unspecified atom stereocenters. The van der Waals surface area contributed by atoms with E-state index < -0.39 is 56.8 Å². The standard InChI is InChI=1S/C37H42O7/c1-9-19(4)20(5)22-10-12-23(13-11-22)24-14-15-26(39)28-25(24)16-35(7)17-36(8)29(18(2)3)31(40)27(21(6)38)33(42)37(36,44)34(43)30(35)32(28)41/h10-15,18,20,29,39,41-42,44H,4,9,16-17H2,1-3,5-8H3/t20?,29?,35-,36-,37+/m1/s1. The van der Waals surface area contributed by atoms with Crippen LogP contribution in [-0.2, 0) is 20.8 Å². The van der Waals surface area contributed by atoms with E-state index in [1.807, 2.05) is 31.2 Å². The maximum atomic E-state index is 14.5. The summed E-state index contributed by atoms with van der Waals surface area (Å²) in [6, 6.07) is 11.3. The lowest BCUT2D eigenvalue weighted by Gasteiger charge is -2.59. The number of ketones is 3. The van der Waals surface area contributed by atoms with E-state index in [1.165, 1.54) is 6.07 Å². The molecule has 5 rings (SSSR count). The number of phenols is 1. The van der Waals surface area contributed by atoms with Crippen LogP contribution < -0.4 is 0 Å². The Balaban J connectivity index is 1.73. The maximum Gasteiger partial charge on any atom is 0.203 e. The Morgan fingerprint density at radius 3 is 2.18 bits per heavy atom. The molecule has 3 aliphatic rings. The Morgan fingerprint density at radius 1 is 1.02 bits per heavy atom. The van der Waals surface area contributed by atoms with Crippen LogP contribution in [-0.4, -0.2) is 43.4 Å². The first-order valence-corrected chi connectivity index (χ1v) is 15.3. The number of benzene rings is 2. The molecule has 7 heteroatoms. The second-order valence-corrected chi connectivity index (χ2v) is 13.8. The van der Waals surface area contributed by atoms with E-state index >= 15 is 0 Å². The molecular formula is C37H42O7. The van der Waals surface area contributed by atoms with Crippen LogP contribution in [0.4, 0.5) is 0 Å². The maximum absolute atomic E-state index is 14.5. The van der Waals surface area contributed by atoms with E-state index in [-0.39, 0.29) is 41.6 Å². The highest BCUT2D eigenvalue weighted by Crippen LogP contribution is 2.65. The molecule has 0 bridgehead atoms. The quantitative estimate of drug-likeness (QED) is 0.209. The Labute approximate surface area is 258 Å². The van der Waals surface area contributed by atoms with Crippen molar-refractivity contribution in [3.63, 3.8) is 0 Å². The molecule has 0 spiro atoms. The Hall–Kier alpha value is -3.97. The number of aromatic hydroxyl groups is 1. The lowest BCUT2D eigenvalue weighted by atomic mass is 9.43. The first-order chi connectivity index (χ1) is 20.5. The molecule has 1 fully saturated rings. The zero-order valence-electron chi connectivity index (χ0n) is 26.5. The molecule has 0 heterocycles. The van der Waals surface area contributed by atoms with Gasteiger partial charge in [0.05, 0.1) is 5.56 Å². The number of aliphatic hydroxyl groups is 3. The third-order valence-corrected chi connectivity index (χ3v) is 10.7. The van der Waals surface area contributed by atoms with Crippen LogP contribution in [0.3, 0.4) is 0 Å². The van der Waals surface area contributed by atoms with Gasteiger partial charge >= 0.3 is 0 Å². The number of fused-ring (bicyclic) bond motifs is 3. The molecule has 0 saturated heterocycles. The van der Waals surface area contributed by atoms with Gasteiger partial charge in [0.15, 0.2) is 17.2 Å². The van der Waals surface area contributed by atoms with Gasteiger partial charge in [0.2, 0.25) is 5.78 Å². The summed E-state index contributed by atoms with van der Waals surface area (Å²) in [6.07, 6.45) is 1.15. The summed E-state index contributed by atoms with van der Waals surface area (Å²) < 4.78 is 0. The summed E-state index contributed by atoms with van der Waals surface area (Å²) in [5.74, 6) is -5.13. The van der Waals surface area contributed by atoms with Crippen LogP contribution in [0.5, 0.6) is 5.75 Å². The number of carbonyl (C=O) groups excluding carboxylic acids is 3. The molecule has 0 amide bonds. The second-order valence-electron chi connectivity index (χ2n) is 13.8. The summed E-state index contributed by atoms with van der Waals surface area (Å²) in [6.45, 7) is 16.5. The Bertz CT molecular complexity index is 1690. The highest BCUT2D eigenvalue weighted by atomic mass is 16.3. The van der Waals surface area contributed by atoms with Gasteiger partial charge in [-0.3, -0.25) is 14.4 Å². The van der Waals surface area contributed by atoms with E-state index in [9.17, 15) is 34.8 Å². The monoisotopic (exact) mass is 598 g/mol. The minimum atomic E-state index is -2.63. The van der Waals surface area contributed by atoms with E-state index in [4.69, 9.17) is 0 Å². The van der Waals surface area contributed by atoms with Crippen molar-refractivity contribution in [2.75, 3.05) is 0 Å². The molecule has 2 aromatic carbocycles. The zero-order chi connectivity index (χ0) is 32.7. The summed E-state index contributed by atoms with van der Waals surface area (Å²) in [4.78, 5) is 40.7. The number of hydrogen-bond donors (Lipinski definition) is 4. The van der Waals surface area contributed by atoms with E-state index in [0.29, 0.717) is 5.56 Å². The van der Waals surface area contributed by atoms with Crippen LogP contribution in [0.15, 0.2) is 65.5 Å². The molecule has 1 saturated carbocycles. The van der Waals surface area contributed by atoms with Crippen molar-refractivity contribution in [2.24, 2.45) is 22.7 Å². The average molecular weight is 599 g/mol. The SMILES string of the molecule is C=C(CC)C(C)c1ccc(-c2ccc(O)c3c2C[C@]2(C)C[C@]4(C)C(C(C)C)C(=O)C(C(C)=O)=C(O)[C@]4(O)C(=O)C2=C3O)cc1. The first-order valence-electron chi connectivity index (χ1n) is 15.3. The van der Waals surface area contributed by atoms with Crippen molar-refractivity contribution in [3.05, 3.63) is 82.1 Å². The van der Waals surface area contributed by atoms with Crippen molar-refractivity contribution < 1.29 is 34.8 Å². The number of rotatable bonds is 6. The third-order valence-electron chi connectivity index (χ3n) is 10.7. The number of aliphatic hydroxyl groups excluding tert-OH is 2. The van der Waals surface area contributed by atoms with Crippen molar-refractivity contribution in [3.8, 4) is 16.9 Å². The van der Waals surface area contributed by atoms with Crippen LogP contribution in [0, 0.1) is 22.7 Å². The molecule has 232 valence electrons. The molecule has 44 heavy (non-hydrogen) atoms. The smallest absolute Gasteiger partial charge is 0.203 e. The van der Waals surface area contributed by atoms with Gasteiger partial charge in [-0.15, -0.1) is 0 Å². The highest BCUT2D eigenvalue weighted by Gasteiger charge is 2.72. The average Bonchev–Trinajstić information content (AvgIpc) is 2.94. The predicted molar refractivity (Wildman–Crippen MR) is 169 cm³/mol. The number of carbonyl (C=O) groups is 3. The topological polar surface area (TPSA) is 132 Å². The zero-order valence-corrected chi connectivity index (χ0v) is 26.5. The number of hydrogen-bond acceptors (Lipinski definition) is 7. The van der Waals surface area contributed by atoms with E-state index in [0.717, 1.165) is 35.6 Å². The van der Waals surface area contributed by atoms with Crippen LogP contribution in [0.25, 0.3) is 16.9 Å². The van der Waals surface area contributed by atoms with Crippen molar-refractivity contribution in [1.29, 1.82) is 0 Å². The van der Waals surface area contributed by atoms with E-state index in [1.54, 1.807) is 26.8 Å². The van der Waals surface area contributed by atoms with Crippen LogP contribution >= 0.6 is 0 Å². The summed E-state index contributed by atoms with van der Waals surface area (Å²) in [5, 5.41) is 46.3. The number of allylic oxidation sites excluding steroid dienone is 2. The number of phenolic OH excluding ortho intramolecular Hbond substituents is 1. The fraction of sp³-hybridized carbons (Fsp3) is 0.432. The minimum absolute atomic E-state index is 0.0512. The molecule has 0 radical (unpaired) electrons. The Morgan fingerprint density at radius 2 is 1.64 bits per heavy atom. The van der Waals surface area contributed by atoms with Crippen LogP contribution in [0.2, 0.25) is 0 Å². The van der Waals surface area contributed by atoms with Gasteiger partial charge in [-0.05, 0) is 60.4 Å². The number of Topliss-reactive ketones (excluding diaryl/α,β-unsaturated/α-hetero) is 3. The van der Waals surface area contributed by atoms with Crippen LogP contribution in [0.1, 0.15) is 83.9 Å². The van der Waals surface area contributed by atoms with Gasteiger partial charge in [0.1, 0.15) is 22.8 Å². The van der Waals surface area contributed by atoms with Crippen molar-refractivity contribution in [2.45, 2.75) is 79.2 Å². The highest BCUT2D eigenvalue weighted by molar-refractivity contribution is 6.24. The molecule has 3 aliphatic carbocycles. The molecular weight excluding hydrogens is 556 g/mol. The Kier molecular flexibility index (Phi) is 7.36.